The van der Waals surface area contributed by atoms with Crippen molar-refractivity contribution in [3.05, 3.63) is 64.4 Å². The summed E-state index contributed by atoms with van der Waals surface area (Å²) >= 11 is 12.1. The number of rotatable bonds is 5. The highest BCUT2D eigenvalue weighted by Gasteiger charge is 2.47. The Morgan fingerprint density at radius 1 is 1.03 bits per heavy atom. The van der Waals surface area contributed by atoms with Crippen LogP contribution in [0.5, 0.6) is 0 Å². The van der Waals surface area contributed by atoms with E-state index in [0.29, 0.717) is 11.4 Å². The lowest BCUT2D eigenvalue weighted by molar-refractivity contribution is -0.118. The molecule has 1 unspecified atom stereocenters. The highest BCUT2D eigenvalue weighted by molar-refractivity contribution is 6.31. The summed E-state index contributed by atoms with van der Waals surface area (Å²) in [6.45, 7) is 7.87. The molecular formula is C23H27Cl2N3O. The SMILES string of the molecule is CC1(C)CN(CCn2cnc3cc(Cl)ccc32)CCC1(O)Cc1ccc(Cl)cc1. The van der Waals surface area contributed by atoms with Gasteiger partial charge in [0.2, 0.25) is 0 Å². The Balaban J connectivity index is 1.41. The van der Waals surface area contributed by atoms with Crippen LogP contribution in [0.25, 0.3) is 11.0 Å². The average Bonchev–Trinajstić information content (AvgIpc) is 3.07. The molecule has 29 heavy (non-hydrogen) atoms. The Morgan fingerprint density at radius 2 is 1.76 bits per heavy atom. The molecule has 6 heteroatoms. The van der Waals surface area contributed by atoms with Gasteiger partial charge in [0.15, 0.2) is 0 Å². The molecule has 0 amide bonds. The molecule has 1 N–H and O–H groups in total. The molecule has 0 radical (unpaired) electrons. The molecule has 1 aliphatic heterocycles. The van der Waals surface area contributed by atoms with Gasteiger partial charge in [0.1, 0.15) is 0 Å². The minimum Gasteiger partial charge on any atom is -0.389 e. The monoisotopic (exact) mass is 431 g/mol. The number of aromatic nitrogens is 2. The topological polar surface area (TPSA) is 41.3 Å². The van der Waals surface area contributed by atoms with E-state index in [-0.39, 0.29) is 5.41 Å². The van der Waals surface area contributed by atoms with Gasteiger partial charge in [0.25, 0.3) is 0 Å². The zero-order valence-corrected chi connectivity index (χ0v) is 18.4. The third-order valence-corrected chi connectivity index (χ3v) is 6.86. The van der Waals surface area contributed by atoms with Crippen LogP contribution >= 0.6 is 23.2 Å². The molecule has 4 nitrogen and oxygen atoms in total. The first-order valence-corrected chi connectivity index (χ1v) is 10.8. The maximum atomic E-state index is 11.5. The first-order chi connectivity index (χ1) is 13.8. The largest absolute Gasteiger partial charge is 0.389 e. The highest BCUT2D eigenvalue weighted by Crippen LogP contribution is 2.41. The third-order valence-electron chi connectivity index (χ3n) is 6.37. The van der Waals surface area contributed by atoms with E-state index >= 15 is 0 Å². The minimum absolute atomic E-state index is 0.213. The van der Waals surface area contributed by atoms with Gasteiger partial charge in [-0.25, -0.2) is 4.98 Å². The first-order valence-electron chi connectivity index (χ1n) is 10.1. The fraction of sp³-hybridized carbons (Fsp3) is 0.435. The van der Waals surface area contributed by atoms with E-state index in [9.17, 15) is 5.11 Å². The standard InChI is InChI=1S/C23H27Cl2N3O/c1-22(2)15-27(10-9-23(22,29)14-17-3-5-18(24)6-4-17)11-12-28-16-26-20-13-19(25)7-8-21(20)28/h3-8,13,16,29H,9-12,14-15H2,1-2H3. The van der Waals surface area contributed by atoms with Crippen LogP contribution in [0.2, 0.25) is 10.0 Å². The Morgan fingerprint density at radius 3 is 2.48 bits per heavy atom. The predicted molar refractivity (Wildman–Crippen MR) is 120 cm³/mol. The normalized spacial score (nSPS) is 22.2. The van der Waals surface area contributed by atoms with Crippen molar-refractivity contribution < 1.29 is 5.11 Å². The van der Waals surface area contributed by atoms with Crippen LogP contribution in [-0.4, -0.2) is 44.8 Å². The maximum Gasteiger partial charge on any atom is 0.0958 e. The molecule has 3 aromatic rings. The molecule has 2 heterocycles. The Bertz CT molecular complexity index is 999. The molecular weight excluding hydrogens is 405 g/mol. The van der Waals surface area contributed by atoms with Gasteiger partial charge in [-0.3, -0.25) is 0 Å². The number of fused-ring (bicyclic) bond motifs is 1. The number of likely N-dealkylation sites (tertiary alicyclic amines) is 1. The van der Waals surface area contributed by atoms with Crippen molar-refractivity contribution in [1.29, 1.82) is 0 Å². The van der Waals surface area contributed by atoms with E-state index in [1.165, 1.54) is 0 Å². The summed E-state index contributed by atoms with van der Waals surface area (Å²) in [5.41, 5.74) is 2.21. The van der Waals surface area contributed by atoms with Crippen molar-refractivity contribution in [3.8, 4) is 0 Å². The van der Waals surface area contributed by atoms with Gasteiger partial charge >= 0.3 is 0 Å². The van der Waals surface area contributed by atoms with Crippen LogP contribution in [0.15, 0.2) is 48.8 Å². The van der Waals surface area contributed by atoms with Gasteiger partial charge in [-0.2, -0.15) is 0 Å². The van der Waals surface area contributed by atoms with Gasteiger partial charge in [0, 0.05) is 48.1 Å². The molecule has 4 rings (SSSR count). The number of hydrogen-bond acceptors (Lipinski definition) is 3. The molecule has 154 valence electrons. The van der Waals surface area contributed by atoms with Crippen molar-refractivity contribution in [3.63, 3.8) is 0 Å². The van der Waals surface area contributed by atoms with Crippen LogP contribution in [0.4, 0.5) is 0 Å². The summed E-state index contributed by atoms with van der Waals surface area (Å²) in [6.07, 6.45) is 3.29. The van der Waals surface area contributed by atoms with Gasteiger partial charge < -0.3 is 14.6 Å². The quantitative estimate of drug-likeness (QED) is 0.614. The number of imidazole rings is 1. The molecule has 0 bridgehead atoms. The number of piperidine rings is 1. The van der Waals surface area contributed by atoms with Crippen molar-refractivity contribution in [2.75, 3.05) is 19.6 Å². The Kier molecular flexibility index (Phi) is 5.64. The second-order valence-corrected chi connectivity index (χ2v) is 9.69. The van der Waals surface area contributed by atoms with Crippen molar-refractivity contribution in [1.82, 2.24) is 14.5 Å². The molecule has 0 saturated carbocycles. The van der Waals surface area contributed by atoms with E-state index in [1.54, 1.807) is 0 Å². The lowest BCUT2D eigenvalue weighted by atomic mass is 9.67. The molecule has 1 fully saturated rings. The van der Waals surface area contributed by atoms with E-state index in [4.69, 9.17) is 23.2 Å². The lowest BCUT2D eigenvalue weighted by Gasteiger charge is -2.50. The Labute approximate surface area is 182 Å². The number of nitrogens with zero attached hydrogens (tertiary/aromatic N) is 3. The van der Waals surface area contributed by atoms with Crippen LogP contribution < -0.4 is 0 Å². The van der Waals surface area contributed by atoms with E-state index in [0.717, 1.165) is 54.2 Å². The van der Waals surface area contributed by atoms with Gasteiger partial charge in [-0.15, -0.1) is 0 Å². The summed E-state index contributed by atoms with van der Waals surface area (Å²) in [6, 6.07) is 13.6. The minimum atomic E-state index is -0.726. The van der Waals surface area contributed by atoms with Crippen LogP contribution in [0.1, 0.15) is 25.8 Å². The maximum absolute atomic E-state index is 11.5. The number of aliphatic hydroxyl groups is 1. The van der Waals surface area contributed by atoms with E-state index < -0.39 is 5.60 Å². The third kappa shape index (κ3) is 4.31. The van der Waals surface area contributed by atoms with Crippen molar-refractivity contribution in [2.45, 2.75) is 38.8 Å². The molecule has 1 aromatic heterocycles. The van der Waals surface area contributed by atoms with Crippen molar-refractivity contribution in [2.24, 2.45) is 5.41 Å². The van der Waals surface area contributed by atoms with Gasteiger partial charge in [-0.05, 0) is 42.3 Å². The van der Waals surface area contributed by atoms with E-state index in [2.05, 4.69) is 28.3 Å². The summed E-state index contributed by atoms with van der Waals surface area (Å²) in [5, 5.41) is 12.9. The fourth-order valence-corrected chi connectivity index (χ4v) is 4.68. The fourth-order valence-electron chi connectivity index (χ4n) is 4.39. The second kappa shape index (κ2) is 7.92. The summed E-state index contributed by atoms with van der Waals surface area (Å²) in [4.78, 5) is 6.90. The van der Waals surface area contributed by atoms with Gasteiger partial charge in [-0.1, -0.05) is 49.2 Å². The zero-order valence-electron chi connectivity index (χ0n) is 16.9. The smallest absolute Gasteiger partial charge is 0.0958 e. The number of halogens is 2. The van der Waals surface area contributed by atoms with Crippen LogP contribution in [-0.2, 0) is 13.0 Å². The molecule has 1 atom stereocenters. The van der Waals surface area contributed by atoms with Crippen LogP contribution in [0, 0.1) is 5.41 Å². The lowest BCUT2D eigenvalue weighted by Crippen LogP contribution is -2.58. The summed E-state index contributed by atoms with van der Waals surface area (Å²) < 4.78 is 2.17. The molecule has 2 aromatic carbocycles. The second-order valence-electron chi connectivity index (χ2n) is 8.82. The summed E-state index contributed by atoms with van der Waals surface area (Å²) in [5.74, 6) is 0. The molecule has 0 aliphatic carbocycles. The van der Waals surface area contributed by atoms with E-state index in [1.807, 2.05) is 48.8 Å². The zero-order chi connectivity index (χ0) is 20.6. The van der Waals surface area contributed by atoms with Crippen LogP contribution in [0.3, 0.4) is 0 Å². The van der Waals surface area contributed by atoms with Gasteiger partial charge in [0.05, 0.1) is 23.0 Å². The summed E-state index contributed by atoms with van der Waals surface area (Å²) in [7, 11) is 0. The molecule has 1 aliphatic rings. The average molecular weight is 432 g/mol. The predicted octanol–water partition coefficient (Wildman–Crippen LogP) is 5.05. The molecule has 1 saturated heterocycles. The first kappa shape index (κ1) is 20.7. The van der Waals surface area contributed by atoms with Crippen molar-refractivity contribution >= 4 is 34.2 Å². The Hall–Kier alpha value is -1.59. The number of hydrogen-bond donors (Lipinski definition) is 1. The molecule has 0 spiro atoms. The highest BCUT2D eigenvalue weighted by atomic mass is 35.5. The number of benzene rings is 2.